The summed E-state index contributed by atoms with van der Waals surface area (Å²) in [4.78, 5) is 0. The van der Waals surface area contributed by atoms with E-state index in [1.807, 2.05) is 42.9 Å². The molecule has 0 aliphatic carbocycles. The molecule has 1 aromatic carbocycles. The van der Waals surface area contributed by atoms with Gasteiger partial charge < -0.3 is 10.6 Å². The highest BCUT2D eigenvalue weighted by Crippen LogP contribution is 2.22. The number of rotatable bonds is 4. The number of hydrogen-bond acceptors (Lipinski definition) is 2. The molecule has 2 N–H and O–H groups in total. The highest BCUT2D eigenvalue weighted by atomic mass is 35.5. The van der Waals surface area contributed by atoms with E-state index >= 15 is 0 Å². The fourth-order valence-electron chi connectivity index (χ4n) is 1.98. The molecule has 112 valence electrons. The first-order chi connectivity index (χ1) is 10.0. The van der Waals surface area contributed by atoms with Gasteiger partial charge in [-0.05, 0) is 50.7 Å². The Hall–Kier alpha value is -1.59. The van der Waals surface area contributed by atoms with E-state index in [0.717, 1.165) is 34.1 Å². The summed E-state index contributed by atoms with van der Waals surface area (Å²) in [6, 6.07) is 5.71. The maximum Gasteiger partial charge on any atom is 0.171 e. The molecule has 0 bridgehead atoms. The van der Waals surface area contributed by atoms with Crippen LogP contribution in [-0.4, -0.2) is 14.9 Å². The number of benzene rings is 1. The SMILES string of the molecule is CCn1cc(CNC(=S)Nc2cccc(Cl)c2C)c(C)n1. The van der Waals surface area contributed by atoms with E-state index in [9.17, 15) is 0 Å². The maximum absolute atomic E-state index is 6.10. The Labute approximate surface area is 135 Å². The van der Waals surface area contributed by atoms with Crippen molar-refractivity contribution < 1.29 is 0 Å². The molecule has 1 aromatic heterocycles. The number of nitrogens with zero attached hydrogens (tertiary/aromatic N) is 2. The lowest BCUT2D eigenvalue weighted by Crippen LogP contribution is -2.28. The lowest BCUT2D eigenvalue weighted by Gasteiger charge is -2.13. The second kappa shape index (κ2) is 6.91. The van der Waals surface area contributed by atoms with E-state index in [2.05, 4.69) is 22.7 Å². The van der Waals surface area contributed by atoms with Crippen LogP contribution < -0.4 is 10.6 Å². The number of aryl methyl sites for hydroxylation is 2. The van der Waals surface area contributed by atoms with Gasteiger partial charge in [0, 0.05) is 35.6 Å². The van der Waals surface area contributed by atoms with E-state index in [0.29, 0.717) is 11.7 Å². The van der Waals surface area contributed by atoms with E-state index < -0.39 is 0 Å². The van der Waals surface area contributed by atoms with E-state index in [1.165, 1.54) is 0 Å². The molecule has 4 nitrogen and oxygen atoms in total. The number of halogens is 1. The number of hydrogen-bond donors (Lipinski definition) is 2. The molecular formula is C15H19ClN4S. The summed E-state index contributed by atoms with van der Waals surface area (Å²) in [6.45, 7) is 7.55. The molecule has 0 radical (unpaired) electrons. The molecule has 0 saturated carbocycles. The Bertz CT molecular complexity index is 651. The van der Waals surface area contributed by atoms with Crippen LogP contribution in [0.5, 0.6) is 0 Å². The predicted molar refractivity (Wildman–Crippen MR) is 91.9 cm³/mol. The van der Waals surface area contributed by atoms with Crippen LogP contribution in [0.3, 0.4) is 0 Å². The molecule has 2 aromatic rings. The van der Waals surface area contributed by atoms with Crippen LogP contribution in [-0.2, 0) is 13.1 Å². The van der Waals surface area contributed by atoms with Gasteiger partial charge in [-0.1, -0.05) is 17.7 Å². The van der Waals surface area contributed by atoms with Crippen molar-refractivity contribution in [3.63, 3.8) is 0 Å². The Kier molecular flexibility index (Phi) is 5.20. The normalized spacial score (nSPS) is 10.5. The predicted octanol–water partition coefficient (Wildman–Crippen LogP) is 3.66. The average Bonchev–Trinajstić information content (AvgIpc) is 2.82. The van der Waals surface area contributed by atoms with Crippen LogP contribution >= 0.6 is 23.8 Å². The van der Waals surface area contributed by atoms with Crippen LogP contribution in [0.2, 0.25) is 5.02 Å². The Morgan fingerprint density at radius 1 is 1.38 bits per heavy atom. The van der Waals surface area contributed by atoms with Gasteiger partial charge in [-0.25, -0.2) is 0 Å². The Morgan fingerprint density at radius 2 is 2.14 bits per heavy atom. The van der Waals surface area contributed by atoms with Gasteiger partial charge in [0.2, 0.25) is 0 Å². The second-order valence-corrected chi connectivity index (χ2v) is 5.63. The van der Waals surface area contributed by atoms with Gasteiger partial charge in [0.25, 0.3) is 0 Å². The fourth-order valence-corrected chi connectivity index (χ4v) is 2.34. The minimum Gasteiger partial charge on any atom is -0.358 e. The van der Waals surface area contributed by atoms with Crippen LogP contribution in [0, 0.1) is 13.8 Å². The van der Waals surface area contributed by atoms with Gasteiger partial charge in [0.15, 0.2) is 5.11 Å². The minimum atomic E-state index is 0.573. The van der Waals surface area contributed by atoms with Gasteiger partial charge in [0.1, 0.15) is 0 Å². The molecule has 0 amide bonds. The van der Waals surface area contributed by atoms with Crippen LogP contribution in [0.4, 0.5) is 5.69 Å². The van der Waals surface area contributed by atoms with Crippen molar-refractivity contribution in [2.75, 3.05) is 5.32 Å². The van der Waals surface area contributed by atoms with Gasteiger partial charge >= 0.3 is 0 Å². The average molecular weight is 323 g/mol. The van der Waals surface area contributed by atoms with Crippen molar-refractivity contribution >= 4 is 34.6 Å². The molecular weight excluding hydrogens is 304 g/mol. The smallest absolute Gasteiger partial charge is 0.171 e. The molecule has 0 fully saturated rings. The third kappa shape index (κ3) is 3.95. The third-order valence-corrected chi connectivity index (χ3v) is 3.98. The topological polar surface area (TPSA) is 41.9 Å². The van der Waals surface area contributed by atoms with Crippen molar-refractivity contribution in [3.05, 3.63) is 46.2 Å². The molecule has 0 unspecified atom stereocenters. The van der Waals surface area contributed by atoms with E-state index in [1.54, 1.807) is 0 Å². The molecule has 0 aliphatic heterocycles. The van der Waals surface area contributed by atoms with Crippen molar-refractivity contribution in [1.29, 1.82) is 0 Å². The first kappa shape index (κ1) is 15.8. The highest BCUT2D eigenvalue weighted by Gasteiger charge is 2.06. The van der Waals surface area contributed by atoms with Crippen molar-refractivity contribution in [2.45, 2.75) is 33.9 Å². The fraction of sp³-hybridized carbons (Fsp3) is 0.333. The largest absolute Gasteiger partial charge is 0.358 e. The Balaban J connectivity index is 1.96. The number of aromatic nitrogens is 2. The van der Waals surface area contributed by atoms with Gasteiger partial charge in [-0.3, -0.25) is 4.68 Å². The summed E-state index contributed by atoms with van der Waals surface area (Å²) in [5.74, 6) is 0. The van der Waals surface area contributed by atoms with Crippen LogP contribution in [0.15, 0.2) is 24.4 Å². The maximum atomic E-state index is 6.10. The quantitative estimate of drug-likeness (QED) is 0.843. The van der Waals surface area contributed by atoms with Crippen molar-refractivity contribution in [1.82, 2.24) is 15.1 Å². The molecule has 0 atom stereocenters. The molecule has 2 rings (SSSR count). The summed E-state index contributed by atoms with van der Waals surface area (Å²) >= 11 is 11.4. The Morgan fingerprint density at radius 3 is 2.81 bits per heavy atom. The van der Waals surface area contributed by atoms with Gasteiger partial charge in [-0.15, -0.1) is 0 Å². The number of nitrogens with one attached hydrogen (secondary N) is 2. The zero-order valence-corrected chi connectivity index (χ0v) is 14.0. The molecule has 6 heteroatoms. The van der Waals surface area contributed by atoms with Gasteiger partial charge in [0.05, 0.1) is 5.69 Å². The molecule has 0 spiro atoms. The number of thiocarbonyl (C=S) groups is 1. The summed E-state index contributed by atoms with van der Waals surface area (Å²) in [5, 5.41) is 12.1. The first-order valence-electron chi connectivity index (χ1n) is 6.84. The van der Waals surface area contributed by atoms with E-state index in [-0.39, 0.29) is 0 Å². The lowest BCUT2D eigenvalue weighted by molar-refractivity contribution is 0.653. The van der Waals surface area contributed by atoms with Crippen molar-refractivity contribution in [2.24, 2.45) is 0 Å². The molecule has 0 aliphatic rings. The molecule has 21 heavy (non-hydrogen) atoms. The van der Waals surface area contributed by atoms with Gasteiger partial charge in [-0.2, -0.15) is 5.10 Å². The lowest BCUT2D eigenvalue weighted by atomic mass is 10.2. The first-order valence-corrected chi connectivity index (χ1v) is 7.62. The third-order valence-electron chi connectivity index (χ3n) is 3.33. The van der Waals surface area contributed by atoms with E-state index in [4.69, 9.17) is 23.8 Å². The monoisotopic (exact) mass is 322 g/mol. The highest BCUT2D eigenvalue weighted by molar-refractivity contribution is 7.80. The number of anilines is 1. The minimum absolute atomic E-state index is 0.573. The zero-order chi connectivity index (χ0) is 15.4. The second-order valence-electron chi connectivity index (χ2n) is 4.82. The van der Waals surface area contributed by atoms with Crippen LogP contribution in [0.25, 0.3) is 0 Å². The zero-order valence-electron chi connectivity index (χ0n) is 12.4. The standard InChI is InChI=1S/C15H19ClN4S/c1-4-20-9-12(11(3)19-20)8-17-15(21)18-14-7-5-6-13(16)10(14)2/h5-7,9H,4,8H2,1-3H3,(H2,17,18,21). The summed E-state index contributed by atoms with van der Waals surface area (Å²) in [6.07, 6.45) is 2.04. The molecule has 1 heterocycles. The van der Waals surface area contributed by atoms with Crippen molar-refractivity contribution in [3.8, 4) is 0 Å². The summed E-state index contributed by atoms with van der Waals surface area (Å²) in [7, 11) is 0. The summed E-state index contributed by atoms with van der Waals surface area (Å²) < 4.78 is 1.92. The molecule has 0 saturated heterocycles. The van der Waals surface area contributed by atoms with Crippen LogP contribution in [0.1, 0.15) is 23.7 Å². The summed E-state index contributed by atoms with van der Waals surface area (Å²) in [5.41, 5.74) is 4.06.